The maximum absolute atomic E-state index is 13.5. The Morgan fingerprint density at radius 1 is 0.820 bits per heavy atom. The van der Waals surface area contributed by atoms with Crippen LogP contribution in [-0.4, -0.2) is 76.8 Å². The van der Waals surface area contributed by atoms with Gasteiger partial charge >= 0.3 is 35.8 Å². The average molecular weight is 698 g/mol. The minimum atomic E-state index is -1.95. The lowest BCUT2D eigenvalue weighted by molar-refractivity contribution is -0.168. The van der Waals surface area contributed by atoms with Crippen molar-refractivity contribution < 1.29 is 57.1 Å². The van der Waals surface area contributed by atoms with Crippen molar-refractivity contribution in [1.29, 1.82) is 0 Å². The third-order valence-electron chi connectivity index (χ3n) is 7.07. The number of rotatable bonds is 13. The fourth-order valence-corrected chi connectivity index (χ4v) is 5.01. The van der Waals surface area contributed by atoms with Crippen molar-refractivity contribution in [1.82, 2.24) is 14.9 Å². The third kappa shape index (κ3) is 10.0. The van der Waals surface area contributed by atoms with Gasteiger partial charge in [-0.25, -0.2) is 19.2 Å². The van der Waals surface area contributed by atoms with E-state index in [1.54, 1.807) is 60.7 Å². The molecule has 1 fully saturated rings. The molecule has 1 aliphatic heterocycles. The summed E-state index contributed by atoms with van der Waals surface area (Å²) in [6.45, 7) is 2.86. The molecule has 1 amide bonds. The monoisotopic (exact) mass is 697 g/mol. The van der Waals surface area contributed by atoms with Crippen LogP contribution in [-0.2, 0) is 60.8 Å². The average Bonchev–Trinajstić information content (AvgIpc) is 3.40. The number of aromatic nitrogens is 2. The van der Waals surface area contributed by atoms with E-state index in [-0.39, 0.29) is 19.8 Å². The van der Waals surface area contributed by atoms with Crippen molar-refractivity contribution in [2.24, 2.45) is 0 Å². The van der Waals surface area contributed by atoms with Gasteiger partial charge in [0.1, 0.15) is 19.3 Å². The molecule has 0 aliphatic carbocycles. The van der Waals surface area contributed by atoms with E-state index >= 15 is 0 Å². The lowest BCUT2D eigenvalue weighted by Gasteiger charge is -2.32. The maximum Gasteiger partial charge on any atom is 0.509 e. The molecule has 0 unspecified atom stereocenters. The normalized spacial score (nSPS) is 19.3. The smallest absolute Gasteiger partial charge is 0.464 e. The summed E-state index contributed by atoms with van der Waals surface area (Å²) in [6, 6.07) is 16.1. The second kappa shape index (κ2) is 17.4. The number of nitrogens with zero attached hydrogens (tertiary/aromatic N) is 1. The molecule has 2 N–H and O–H groups in total. The molecule has 6 atom stereocenters. The number of H-pyrrole nitrogens is 1. The molecule has 1 aromatic heterocycles. The maximum atomic E-state index is 13.5. The zero-order chi connectivity index (χ0) is 36.2. The van der Waals surface area contributed by atoms with E-state index in [0.717, 1.165) is 30.7 Å². The van der Waals surface area contributed by atoms with E-state index in [0.29, 0.717) is 11.1 Å². The fourth-order valence-electron chi connectivity index (χ4n) is 5.01. The molecule has 0 radical (unpaired) electrons. The Bertz CT molecular complexity index is 1760. The fraction of sp³-hybridized carbons (Fsp3) is 0.364. The van der Waals surface area contributed by atoms with Crippen LogP contribution in [0.2, 0.25) is 0 Å². The lowest BCUT2D eigenvalue weighted by Crippen LogP contribution is -2.58. The van der Waals surface area contributed by atoms with Gasteiger partial charge in [0, 0.05) is 26.1 Å². The first kappa shape index (κ1) is 36.9. The van der Waals surface area contributed by atoms with Crippen LogP contribution in [0.1, 0.15) is 38.1 Å². The largest absolute Gasteiger partial charge is 0.509 e. The summed E-state index contributed by atoms with van der Waals surface area (Å²) in [5.41, 5.74) is -0.580. The first-order valence-corrected chi connectivity index (χ1v) is 15.3. The number of ether oxygens (including phenoxy) is 7. The van der Waals surface area contributed by atoms with Crippen molar-refractivity contribution in [2.75, 3.05) is 6.61 Å². The highest BCUT2D eigenvalue weighted by atomic mass is 16.7. The van der Waals surface area contributed by atoms with Crippen LogP contribution in [0, 0.1) is 0 Å². The molecule has 1 aliphatic rings. The molecule has 2 heterocycles. The van der Waals surface area contributed by atoms with Crippen molar-refractivity contribution in [3.8, 4) is 0 Å². The SMILES string of the molecule is CCOC(=O)[C@H](NC(=O)OCc1ccccc1)[C@@H](OC(=O)OCc1ccccc1)[C@@H]1O[C@@H](n2ccc(=O)[nH]c2=O)[C@H](OC(C)=O)[C@@H]1OC(C)=O. The van der Waals surface area contributed by atoms with Crippen molar-refractivity contribution in [2.45, 2.75) is 70.7 Å². The Labute approximate surface area is 284 Å². The number of carbonyl (C=O) groups is 5. The molecule has 4 rings (SSSR count). The summed E-state index contributed by atoms with van der Waals surface area (Å²) in [6.07, 6.45) is -10.1. The van der Waals surface area contributed by atoms with Gasteiger partial charge in [-0.3, -0.25) is 23.9 Å². The summed E-state index contributed by atoms with van der Waals surface area (Å²) >= 11 is 0. The zero-order valence-corrected chi connectivity index (χ0v) is 27.2. The number of hydrogen-bond acceptors (Lipinski definition) is 14. The Hall–Kier alpha value is -5.97. The summed E-state index contributed by atoms with van der Waals surface area (Å²) in [5.74, 6) is -2.96. The lowest BCUT2D eigenvalue weighted by atomic mass is 9.98. The Morgan fingerprint density at radius 2 is 1.40 bits per heavy atom. The summed E-state index contributed by atoms with van der Waals surface area (Å²) in [4.78, 5) is 91.1. The highest BCUT2D eigenvalue weighted by Gasteiger charge is 2.57. The quantitative estimate of drug-likeness (QED) is 0.193. The molecule has 3 aromatic rings. The van der Waals surface area contributed by atoms with Gasteiger partial charge < -0.3 is 38.5 Å². The summed E-state index contributed by atoms with van der Waals surface area (Å²) in [7, 11) is 0. The minimum absolute atomic E-state index is 0.189. The molecule has 0 spiro atoms. The number of hydrogen-bond donors (Lipinski definition) is 2. The molecule has 17 nitrogen and oxygen atoms in total. The van der Waals surface area contributed by atoms with Gasteiger partial charge in [0.2, 0.25) is 0 Å². The minimum Gasteiger partial charge on any atom is -0.464 e. The number of carbonyl (C=O) groups excluding carboxylic acids is 5. The topological polar surface area (TPSA) is 217 Å². The van der Waals surface area contributed by atoms with Crippen LogP contribution in [0.4, 0.5) is 9.59 Å². The van der Waals surface area contributed by atoms with Crippen LogP contribution in [0.5, 0.6) is 0 Å². The highest BCUT2D eigenvalue weighted by Crippen LogP contribution is 2.37. The number of amides is 1. The van der Waals surface area contributed by atoms with E-state index < -0.39 is 78.1 Å². The number of esters is 3. The van der Waals surface area contributed by atoms with Gasteiger partial charge in [0.25, 0.3) is 5.56 Å². The van der Waals surface area contributed by atoms with Crippen molar-refractivity contribution >= 4 is 30.2 Å². The number of benzene rings is 2. The number of nitrogens with one attached hydrogen (secondary N) is 2. The van der Waals surface area contributed by atoms with Crippen LogP contribution in [0.25, 0.3) is 0 Å². The summed E-state index contributed by atoms with van der Waals surface area (Å²) < 4.78 is 39.2. The van der Waals surface area contributed by atoms with E-state index in [4.69, 9.17) is 33.2 Å². The molecule has 2 aromatic carbocycles. The first-order chi connectivity index (χ1) is 24.0. The first-order valence-electron chi connectivity index (χ1n) is 15.3. The van der Waals surface area contributed by atoms with Gasteiger partial charge in [-0.15, -0.1) is 0 Å². The molecule has 0 bridgehead atoms. The Balaban J connectivity index is 1.76. The van der Waals surface area contributed by atoms with Crippen molar-refractivity contribution in [3.05, 3.63) is 105 Å². The van der Waals surface area contributed by atoms with Crippen LogP contribution < -0.4 is 16.6 Å². The van der Waals surface area contributed by atoms with Gasteiger partial charge in [-0.05, 0) is 18.1 Å². The van der Waals surface area contributed by atoms with E-state index in [2.05, 4.69) is 5.32 Å². The van der Waals surface area contributed by atoms with Gasteiger partial charge in [0.15, 0.2) is 30.6 Å². The molecule has 0 saturated carbocycles. The zero-order valence-electron chi connectivity index (χ0n) is 27.2. The second-order valence-corrected chi connectivity index (χ2v) is 10.7. The van der Waals surface area contributed by atoms with Crippen molar-refractivity contribution in [3.63, 3.8) is 0 Å². The van der Waals surface area contributed by atoms with E-state index in [9.17, 15) is 33.6 Å². The van der Waals surface area contributed by atoms with Gasteiger partial charge in [-0.1, -0.05) is 60.7 Å². The third-order valence-corrected chi connectivity index (χ3v) is 7.07. The molecule has 266 valence electrons. The molecular weight excluding hydrogens is 662 g/mol. The number of aromatic amines is 1. The second-order valence-electron chi connectivity index (χ2n) is 10.7. The highest BCUT2D eigenvalue weighted by molar-refractivity contribution is 5.82. The number of alkyl carbamates (subject to hydrolysis) is 1. The van der Waals surface area contributed by atoms with Crippen LogP contribution in [0.3, 0.4) is 0 Å². The van der Waals surface area contributed by atoms with Gasteiger partial charge in [0.05, 0.1) is 6.61 Å². The van der Waals surface area contributed by atoms with E-state index in [1.807, 2.05) is 4.98 Å². The molecular formula is C33H35N3O14. The molecule has 50 heavy (non-hydrogen) atoms. The Morgan fingerprint density at radius 3 is 1.96 bits per heavy atom. The van der Waals surface area contributed by atoms with Gasteiger partial charge in [-0.2, -0.15) is 0 Å². The molecule has 17 heteroatoms. The van der Waals surface area contributed by atoms with Crippen LogP contribution in [0.15, 0.2) is 82.5 Å². The van der Waals surface area contributed by atoms with E-state index in [1.165, 1.54) is 6.92 Å². The molecule has 1 saturated heterocycles. The van der Waals surface area contributed by atoms with Crippen LogP contribution >= 0.6 is 0 Å². The predicted molar refractivity (Wildman–Crippen MR) is 168 cm³/mol. The summed E-state index contributed by atoms with van der Waals surface area (Å²) in [5, 5.41) is 2.32. The predicted octanol–water partition coefficient (Wildman–Crippen LogP) is 1.88. The standard InChI is InChI=1S/C33H35N3O14/c1-4-44-30(40)24(35-32(42)45-17-21-11-7-5-8-12-21)25(50-33(43)46-18-22-13-9-6-10-14-22)26-27(47-19(2)37)28(48-20(3)38)29(49-26)36-16-15-23(39)34-31(36)41/h5-16,24-29H,4,17-18H2,1-3H3,(H,35,42)(H,34,39,41)/t24-,25-,26+,27-,28-,29-/m1/s1. The Kier molecular flexibility index (Phi) is 12.9.